The van der Waals surface area contributed by atoms with E-state index in [4.69, 9.17) is 0 Å². The number of benzene rings is 2. The third kappa shape index (κ3) is 2.56. The number of carbonyl (C=O) groups excluding carboxylic acids is 1. The molecule has 25 heavy (non-hydrogen) atoms. The van der Waals surface area contributed by atoms with E-state index in [1.807, 2.05) is 61.7 Å². The summed E-state index contributed by atoms with van der Waals surface area (Å²) in [5, 5.41) is 4.99. The molecule has 0 unspecified atom stereocenters. The highest BCUT2D eigenvalue weighted by Gasteiger charge is 2.15. The monoisotopic (exact) mass is 329 g/mol. The second-order valence-corrected chi connectivity index (χ2v) is 6.13. The van der Waals surface area contributed by atoms with Gasteiger partial charge in [0.2, 0.25) is 0 Å². The Hall–Kier alpha value is -3.14. The minimum absolute atomic E-state index is 0.0996. The number of para-hydroxylation sites is 1. The van der Waals surface area contributed by atoms with Crippen LogP contribution in [0, 0.1) is 6.92 Å². The number of anilines is 1. The van der Waals surface area contributed by atoms with Gasteiger partial charge < -0.3 is 9.88 Å². The number of amides is 1. The first kappa shape index (κ1) is 15.4. The second kappa shape index (κ2) is 6.06. The quantitative estimate of drug-likeness (QED) is 0.588. The molecule has 0 saturated carbocycles. The molecule has 4 rings (SSSR count). The van der Waals surface area contributed by atoms with Gasteiger partial charge in [0.1, 0.15) is 0 Å². The van der Waals surface area contributed by atoms with Gasteiger partial charge in [-0.15, -0.1) is 0 Å². The van der Waals surface area contributed by atoms with E-state index in [-0.39, 0.29) is 5.91 Å². The Balaban J connectivity index is 1.78. The highest BCUT2D eigenvalue weighted by Crippen LogP contribution is 2.27. The molecule has 2 aromatic heterocycles. The molecule has 4 aromatic rings. The maximum Gasteiger partial charge on any atom is 0.257 e. The Morgan fingerprint density at radius 1 is 1.08 bits per heavy atom. The molecule has 2 aromatic carbocycles. The molecule has 0 aliphatic rings. The SMILES string of the molecule is CCn1cc(C(=O)Nc2ccc(C)c3ncccc23)c2ccccc21. The molecule has 0 saturated heterocycles. The van der Waals surface area contributed by atoms with Crippen LogP contribution in [0.2, 0.25) is 0 Å². The van der Waals surface area contributed by atoms with Crippen molar-refractivity contribution in [3.8, 4) is 0 Å². The van der Waals surface area contributed by atoms with E-state index in [9.17, 15) is 4.79 Å². The van der Waals surface area contributed by atoms with Crippen LogP contribution >= 0.6 is 0 Å². The van der Waals surface area contributed by atoms with Gasteiger partial charge in [0.15, 0.2) is 0 Å². The van der Waals surface area contributed by atoms with Crippen LogP contribution in [0.4, 0.5) is 5.69 Å². The minimum atomic E-state index is -0.0996. The number of aromatic nitrogens is 2. The van der Waals surface area contributed by atoms with Crippen LogP contribution in [0.5, 0.6) is 0 Å². The molecule has 0 radical (unpaired) electrons. The van der Waals surface area contributed by atoms with E-state index in [0.717, 1.165) is 39.6 Å². The fourth-order valence-corrected chi connectivity index (χ4v) is 3.30. The first-order chi connectivity index (χ1) is 12.2. The van der Waals surface area contributed by atoms with Crippen LogP contribution in [0.3, 0.4) is 0 Å². The molecule has 1 N–H and O–H groups in total. The van der Waals surface area contributed by atoms with Gasteiger partial charge in [-0.05, 0) is 43.7 Å². The van der Waals surface area contributed by atoms with E-state index < -0.39 is 0 Å². The van der Waals surface area contributed by atoms with Crippen LogP contribution in [0.25, 0.3) is 21.8 Å². The third-order valence-corrected chi connectivity index (χ3v) is 4.59. The number of hydrogen-bond donors (Lipinski definition) is 1. The van der Waals surface area contributed by atoms with Gasteiger partial charge in [-0.25, -0.2) is 0 Å². The summed E-state index contributed by atoms with van der Waals surface area (Å²) in [6, 6.07) is 15.8. The highest BCUT2D eigenvalue weighted by molar-refractivity contribution is 6.15. The van der Waals surface area contributed by atoms with Gasteiger partial charge >= 0.3 is 0 Å². The molecular weight excluding hydrogens is 310 g/mol. The van der Waals surface area contributed by atoms with Crippen molar-refractivity contribution in [3.63, 3.8) is 0 Å². The summed E-state index contributed by atoms with van der Waals surface area (Å²) in [5.41, 5.74) is 4.56. The summed E-state index contributed by atoms with van der Waals surface area (Å²) in [5.74, 6) is -0.0996. The van der Waals surface area contributed by atoms with Crippen LogP contribution in [0.1, 0.15) is 22.8 Å². The van der Waals surface area contributed by atoms with Crippen LogP contribution < -0.4 is 5.32 Å². The molecule has 0 atom stereocenters. The van der Waals surface area contributed by atoms with E-state index in [1.165, 1.54) is 0 Å². The third-order valence-electron chi connectivity index (χ3n) is 4.59. The zero-order valence-electron chi connectivity index (χ0n) is 14.3. The summed E-state index contributed by atoms with van der Waals surface area (Å²) in [7, 11) is 0. The van der Waals surface area contributed by atoms with Gasteiger partial charge in [0.05, 0.1) is 16.8 Å². The summed E-state index contributed by atoms with van der Waals surface area (Å²) < 4.78 is 2.10. The lowest BCUT2D eigenvalue weighted by molar-refractivity contribution is 0.102. The van der Waals surface area contributed by atoms with Crippen molar-refractivity contribution in [2.75, 3.05) is 5.32 Å². The number of rotatable bonds is 3. The standard InChI is InChI=1S/C21H19N3O/c1-3-24-13-17(15-7-4-5-9-19(15)24)21(25)23-18-11-10-14(2)20-16(18)8-6-12-22-20/h4-13H,3H2,1-2H3,(H,23,25). The highest BCUT2D eigenvalue weighted by atomic mass is 16.1. The summed E-state index contributed by atoms with van der Waals surface area (Å²) >= 11 is 0. The maximum absolute atomic E-state index is 12.9. The van der Waals surface area contributed by atoms with Crippen molar-refractivity contribution in [2.45, 2.75) is 20.4 Å². The van der Waals surface area contributed by atoms with Gasteiger partial charge in [0.25, 0.3) is 5.91 Å². The van der Waals surface area contributed by atoms with Crippen LogP contribution in [-0.2, 0) is 6.54 Å². The Morgan fingerprint density at radius 2 is 1.88 bits per heavy atom. The average molecular weight is 329 g/mol. The van der Waals surface area contributed by atoms with Gasteiger partial charge in [-0.3, -0.25) is 9.78 Å². The number of nitrogens with zero attached hydrogens (tertiary/aromatic N) is 2. The fourth-order valence-electron chi connectivity index (χ4n) is 3.30. The van der Waals surface area contributed by atoms with Crippen molar-refractivity contribution in [2.24, 2.45) is 0 Å². The number of fused-ring (bicyclic) bond motifs is 2. The fraction of sp³-hybridized carbons (Fsp3) is 0.143. The predicted octanol–water partition coefficient (Wildman–Crippen LogP) is 4.77. The molecule has 4 heteroatoms. The number of pyridine rings is 1. The van der Waals surface area contributed by atoms with E-state index >= 15 is 0 Å². The molecule has 4 nitrogen and oxygen atoms in total. The summed E-state index contributed by atoms with van der Waals surface area (Å²) in [6.45, 7) is 4.92. The predicted molar refractivity (Wildman–Crippen MR) is 102 cm³/mol. The van der Waals surface area contributed by atoms with Crippen molar-refractivity contribution in [1.29, 1.82) is 0 Å². The molecule has 0 bridgehead atoms. The molecule has 0 fully saturated rings. The normalized spacial score (nSPS) is 11.1. The van der Waals surface area contributed by atoms with Gasteiger partial charge in [0, 0.05) is 35.2 Å². The Morgan fingerprint density at radius 3 is 2.72 bits per heavy atom. The van der Waals surface area contributed by atoms with E-state index in [1.54, 1.807) is 6.20 Å². The second-order valence-electron chi connectivity index (χ2n) is 6.13. The zero-order chi connectivity index (χ0) is 17.4. The number of nitrogens with one attached hydrogen (secondary N) is 1. The average Bonchev–Trinajstić information content (AvgIpc) is 3.03. The smallest absolute Gasteiger partial charge is 0.257 e. The largest absolute Gasteiger partial charge is 0.347 e. The Kier molecular flexibility index (Phi) is 3.73. The van der Waals surface area contributed by atoms with E-state index in [2.05, 4.69) is 21.8 Å². The topological polar surface area (TPSA) is 46.9 Å². The summed E-state index contributed by atoms with van der Waals surface area (Å²) in [6.07, 6.45) is 3.70. The van der Waals surface area contributed by atoms with Gasteiger partial charge in [-0.2, -0.15) is 0 Å². The molecule has 124 valence electrons. The maximum atomic E-state index is 12.9. The lowest BCUT2D eigenvalue weighted by Crippen LogP contribution is -2.12. The van der Waals surface area contributed by atoms with Crippen molar-refractivity contribution < 1.29 is 4.79 Å². The molecule has 0 aliphatic heterocycles. The number of hydrogen-bond acceptors (Lipinski definition) is 2. The lowest BCUT2D eigenvalue weighted by Gasteiger charge is -2.09. The van der Waals surface area contributed by atoms with E-state index in [0.29, 0.717) is 5.56 Å². The minimum Gasteiger partial charge on any atom is -0.347 e. The Labute approximate surface area is 146 Å². The van der Waals surface area contributed by atoms with Gasteiger partial charge in [-0.1, -0.05) is 24.3 Å². The zero-order valence-corrected chi connectivity index (χ0v) is 14.3. The van der Waals surface area contributed by atoms with Crippen molar-refractivity contribution in [1.82, 2.24) is 9.55 Å². The summed E-state index contributed by atoms with van der Waals surface area (Å²) in [4.78, 5) is 17.4. The van der Waals surface area contributed by atoms with Crippen LogP contribution in [-0.4, -0.2) is 15.5 Å². The molecular formula is C21H19N3O. The van der Waals surface area contributed by atoms with Crippen molar-refractivity contribution >= 4 is 33.4 Å². The first-order valence-corrected chi connectivity index (χ1v) is 8.42. The Bertz CT molecular complexity index is 1090. The van der Waals surface area contributed by atoms with Crippen LogP contribution in [0.15, 0.2) is 60.9 Å². The van der Waals surface area contributed by atoms with Crippen molar-refractivity contribution in [3.05, 3.63) is 72.1 Å². The molecule has 0 spiro atoms. The number of aryl methyl sites for hydroxylation is 2. The molecule has 2 heterocycles. The molecule has 1 amide bonds. The first-order valence-electron chi connectivity index (χ1n) is 8.42. The molecule has 0 aliphatic carbocycles. The lowest BCUT2D eigenvalue weighted by atomic mass is 10.1. The number of carbonyl (C=O) groups is 1.